The minimum absolute atomic E-state index is 0.231. The van der Waals surface area contributed by atoms with E-state index in [-0.39, 0.29) is 17.6 Å². The number of carbonyl (C=O) groups excluding carboxylic acids is 1. The lowest BCUT2D eigenvalue weighted by Gasteiger charge is -2.32. The minimum atomic E-state index is -0.231. The number of amides is 1. The molecule has 2 aromatic rings. The van der Waals surface area contributed by atoms with Crippen molar-refractivity contribution in [2.75, 3.05) is 39.5 Å². The van der Waals surface area contributed by atoms with E-state index < -0.39 is 0 Å². The fourth-order valence-corrected chi connectivity index (χ4v) is 2.88. The van der Waals surface area contributed by atoms with Crippen molar-refractivity contribution in [1.82, 2.24) is 15.4 Å². The van der Waals surface area contributed by atoms with Crippen LogP contribution < -0.4 is 10.1 Å². The minimum Gasteiger partial charge on any atom is -0.494 e. The van der Waals surface area contributed by atoms with Gasteiger partial charge in [0.15, 0.2) is 11.5 Å². The Bertz CT molecular complexity index is 708. The molecule has 26 heavy (non-hydrogen) atoms. The maximum Gasteiger partial charge on any atom is 0.273 e. The Morgan fingerprint density at radius 2 is 2.04 bits per heavy atom. The number of aromatic nitrogens is 1. The fourth-order valence-electron chi connectivity index (χ4n) is 2.88. The molecule has 1 aromatic carbocycles. The number of rotatable bonds is 7. The molecule has 1 aliphatic heterocycles. The van der Waals surface area contributed by atoms with Crippen molar-refractivity contribution in [3.05, 3.63) is 36.0 Å². The average Bonchev–Trinajstić information content (AvgIpc) is 3.18. The third-order valence-electron chi connectivity index (χ3n) is 4.42. The third kappa shape index (κ3) is 4.62. The van der Waals surface area contributed by atoms with Crippen LogP contribution in [0.25, 0.3) is 11.3 Å². The topological polar surface area (TPSA) is 76.8 Å². The molecule has 1 amide bonds. The molecule has 140 valence electrons. The monoisotopic (exact) mass is 359 g/mol. The van der Waals surface area contributed by atoms with Crippen molar-refractivity contribution in [3.63, 3.8) is 0 Å². The first-order valence-electron chi connectivity index (χ1n) is 8.97. The summed E-state index contributed by atoms with van der Waals surface area (Å²) in [6.07, 6.45) is 0. The van der Waals surface area contributed by atoms with E-state index in [1.165, 1.54) is 0 Å². The predicted molar refractivity (Wildman–Crippen MR) is 97.3 cm³/mol. The zero-order valence-electron chi connectivity index (χ0n) is 15.2. The molecule has 1 atom stereocenters. The zero-order valence-corrected chi connectivity index (χ0v) is 15.2. The SMILES string of the molecule is CCOc1ccc(-c2cc(C(=O)NC[C@@H](C)N3CCOCC3)no2)cc1. The highest BCUT2D eigenvalue weighted by atomic mass is 16.5. The van der Waals surface area contributed by atoms with Crippen molar-refractivity contribution in [3.8, 4) is 17.1 Å². The number of nitrogens with zero attached hydrogens (tertiary/aromatic N) is 2. The first-order chi connectivity index (χ1) is 12.7. The van der Waals surface area contributed by atoms with Gasteiger partial charge in [-0.25, -0.2) is 0 Å². The number of hydrogen-bond acceptors (Lipinski definition) is 6. The number of hydrogen-bond donors (Lipinski definition) is 1. The summed E-state index contributed by atoms with van der Waals surface area (Å²) in [6, 6.07) is 9.41. The van der Waals surface area contributed by atoms with Crippen molar-refractivity contribution in [2.45, 2.75) is 19.9 Å². The number of benzene rings is 1. The smallest absolute Gasteiger partial charge is 0.273 e. The second kappa shape index (κ2) is 8.82. The van der Waals surface area contributed by atoms with Crippen LogP contribution in [0.4, 0.5) is 0 Å². The molecule has 0 unspecified atom stereocenters. The molecule has 1 fully saturated rings. The van der Waals surface area contributed by atoms with Gasteiger partial charge < -0.3 is 19.3 Å². The second-order valence-electron chi connectivity index (χ2n) is 6.24. The van der Waals surface area contributed by atoms with Crippen molar-refractivity contribution < 1.29 is 18.8 Å². The Hall–Kier alpha value is -2.38. The standard InChI is InChI=1S/C19H25N3O4/c1-3-25-16-6-4-15(5-7-16)18-12-17(21-26-18)19(23)20-13-14(2)22-8-10-24-11-9-22/h4-7,12,14H,3,8-11,13H2,1-2H3,(H,20,23)/t14-/m1/s1. The van der Waals surface area contributed by atoms with Crippen LogP contribution in [0.15, 0.2) is 34.9 Å². The molecule has 1 N–H and O–H groups in total. The highest BCUT2D eigenvalue weighted by molar-refractivity contribution is 5.93. The lowest BCUT2D eigenvalue weighted by Crippen LogP contribution is -2.47. The Kier molecular flexibility index (Phi) is 6.25. The molecule has 1 saturated heterocycles. The van der Waals surface area contributed by atoms with Gasteiger partial charge in [0.2, 0.25) is 0 Å². The summed E-state index contributed by atoms with van der Waals surface area (Å²) in [5, 5.41) is 6.81. The van der Waals surface area contributed by atoms with E-state index in [9.17, 15) is 4.79 Å². The largest absolute Gasteiger partial charge is 0.494 e. The predicted octanol–water partition coefficient (Wildman–Crippen LogP) is 2.19. The Morgan fingerprint density at radius 3 is 2.73 bits per heavy atom. The molecule has 0 saturated carbocycles. The van der Waals surface area contributed by atoms with Crippen LogP contribution >= 0.6 is 0 Å². The molecule has 7 nitrogen and oxygen atoms in total. The van der Waals surface area contributed by atoms with Crippen LogP contribution in [-0.4, -0.2) is 61.5 Å². The average molecular weight is 359 g/mol. The maximum atomic E-state index is 12.3. The van der Waals surface area contributed by atoms with Gasteiger partial charge in [-0.05, 0) is 38.1 Å². The molecule has 0 bridgehead atoms. The van der Waals surface area contributed by atoms with Gasteiger partial charge in [-0.1, -0.05) is 5.16 Å². The third-order valence-corrected chi connectivity index (χ3v) is 4.42. The van der Waals surface area contributed by atoms with Gasteiger partial charge in [-0.15, -0.1) is 0 Å². The van der Waals surface area contributed by atoms with E-state index in [1.54, 1.807) is 6.07 Å². The number of ether oxygens (including phenoxy) is 2. The van der Waals surface area contributed by atoms with E-state index in [2.05, 4.69) is 22.3 Å². The van der Waals surface area contributed by atoms with Gasteiger partial charge in [-0.3, -0.25) is 9.69 Å². The molecule has 2 heterocycles. The van der Waals surface area contributed by atoms with E-state index in [0.717, 1.165) is 37.6 Å². The summed E-state index contributed by atoms with van der Waals surface area (Å²) in [5.74, 6) is 1.12. The van der Waals surface area contributed by atoms with Crippen LogP contribution in [0, 0.1) is 0 Å². The van der Waals surface area contributed by atoms with Crippen LogP contribution in [0.1, 0.15) is 24.3 Å². The van der Waals surface area contributed by atoms with Gasteiger partial charge in [0.25, 0.3) is 5.91 Å². The molecule has 0 radical (unpaired) electrons. The number of carbonyl (C=O) groups is 1. The van der Waals surface area contributed by atoms with Gasteiger partial charge in [0, 0.05) is 37.3 Å². The van der Waals surface area contributed by atoms with E-state index in [4.69, 9.17) is 14.0 Å². The first kappa shape index (κ1) is 18.4. The summed E-state index contributed by atoms with van der Waals surface area (Å²) >= 11 is 0. The van der Waals surface area contributed by atoms with Crippen molar-refractivity contribution in [2.24, 2.45) is 0 Å². The first-order valence-corrected chi connectivity index (χ1v) is 8.97. The normalized spacial score (nSPS) is 16.2. The van der Waals surface area contributed by atoms with Gasteiger partial charge in [0.1, 0.15) is 5.75 Å². The van der Waals surface area contributed by atoms with Crippen LogP contribution in [0.3, 0.4) is 0 Å². The van der Waals surface area contributed by atoms with Gasteiger partial charge in [-0.2, -0.15) is 0 Å². The van der Waals surface area contributed by atoms with Crippen molar-refractivity contribution in [1.29, 1.82) is 0 Å². The number of morpholine rings is 1. The second-order valence-corrected chi connectivity index (χ2v) is 6.24. The van der Waals surface area contributed by atoms with Crippen LogP contribution in [0.5, 0.6) is 5.75 Å². The molecule has 7 heteroatoms. The summed E-state index contributed by atoms with van der Waals surface area (Å²) < 4.78 is 16.1. The summed E-state index contributed by atoms with van der Waals surface area (Å²) in [6.45, 7) is 8.49. The number of nitrogens with one attached hydrogen (secondary N) is 1. The molecule has 3 rings (SSSR count). The molecular formula is C19H25N3O4. The highest BCUT2D eigenvalue weighted by Crippen LogP contribution is 2.23. The highest BCUT2D eigenvalue weighted by Gasteiger charge is 2.19. The quantitative estimate of drug-likeness (QED) is 0.817. The van der Waals surface area contributed by atoms with E-state index >= 15 is 0 Å². The molecule has 1 aromatic heterocycles. The van der Waals surface area contributed by atoms with Crippen molar-refractivity contribution >= 4 is 5.91 Å². The molecular weight excluding hydrogens is 334 g/mol. The molecule has 0 aliphatic carbocycles. The molecule has 1 aliphatic rings. The van der Waals surface area contributed by atoms with Gasteiger partial charge >= 0.3 is 0 Å². The van der Waals surface area contributed by atoms with Gasteiger partial charge in [0.05, 0.1) is 19.8 Å². The fraction of sp³-hybridized carbons (Fsp3) is 0.474. The molecule has 0 spiro atoms. The summed E-state index contributed by atoms with van der Waals surface area (Å²) in [4.78, 5) is 14.6. The van der Waals surface area contributed by atoms with E-state index in [1.807, 2.05) is 31.2 Å². The Labute approximate surface area is 153 Å². The summed E-state index contributed by atoms with van der Waals surface area (Å²) in [7, 11) is 0. The lowest BCUT2D eigenvalue weighted by molar-refractivity contribution is 0.0204. The summed E-state index contributed by atoms with van der Waals surface area (Å²) in [5.41, 5.74) is 1.13. The van der Waals surface area contributed by atoms with E-state index in [0.29, 0.717) is 18.9 Å². The zero-order chi connectivity index (χ0) is 18.4. The van der Waals surface area contributed by atoms with Crippen LogP contribution in [0.2, 0.25) is 0 Å². The lowest BCUT2D eigenvalue weighted by atomic mass is 10.1. The van der Waals surface area contributed by atoms with Crippen LogP contribution in [-0.2, 0) is 4.74 Å². The Balaban J connectivity index is 1.55. The Morgan fingerprint density at radius 1 is 1.31 bits per heavy atom. The maximum absolute atomic E-state index is 12.3.